The van der Waals surface area contributed by atoms with Crippen LogP contribution in [0.5, 0.6) is 0 Å². The van der Waals surface area contributed by atoms with Gasteiger partial charge >= 0.3 is 0 Å². The molecule has 0 fully saturated rings. The van der Waals surface area contributed by atoms with E-state index in [-0.39, 0.29) is 5.82 Å². The quantitative estimate of drug-likeness (QED) is 0.609. The number of hydrogen-bond donors (Lipinski definition) is 0. The molecule has 0 aliphatic carbocycles. The third-order valence-electron chi connectivity index (χ3n) is 2.26. The van der Waals surface area contributed by atoms with Crippen LogP contribution in [0.2, 0.25) is 0 Å². The third-order valence-corrected chi connectivity index (χ3v) is 2.26. The molecule has 0 saturated heterocycles. The zero-order chi connectivity index (χ0) is 12.8. The number of rotatable bonds is 3. The minimum Gasteiger partial charge on any atom is -0.257 e. The van der Waals surface area contributed by atoms with Crippen molar-refractivity contribution in [1.29, 1.82) is 0 Å². The predicted octanol–water partition coefficient (Wildman–Crippen LogP) is 3.36. The lowest BCUT2D eigenvalue weighted by Gasteiger charge is -1.95. The van der Waals surface area contributed by atoms with Gasteiger partial charge in [0, 0.05) is 6.20 Å². The zero-order valence-electron chi connectivity index (χ0n) is 9.38. The normalized spacial score (nSPS) is 10.3. The van der Waals surface area contributed by atoms with Crippen LogP contribution >= 0.6 is 0 Å². The summed E-state index contributed by atoms with van der Waals surface area (Å²) in [4.78, 5) is 17.7. The molecule has 1 aromatic carbocycles. The number of aromatic nitrogens is 1. The van der Waals surface area contributed by atoms with Crippen LogP contribution in [-0.4, -0.2) is 11.1 Å². The maximum atomic E-state index is 12.7. The van der Waals surface area contributed by atoms with E-state index in [0.29, 0.717) is 11.4 Å². The average Bonchev–Trinajstić information content (AvgIpc) is 2.39. The van der Waals surface area contributed by atoms with Crippen LogP contribution in [0.25, 0.3) is 12.2 Å². The second-order valence-corrected chi connectivity index (χ2v) is 3.53. The lowest BCUT2D eigenvalue weighted by Crippen LogP contribution is -1.79. The van der Waals surface area contributed by atoms with Gasteiger partial charge in [0.1, 0.15) is 5.82 Å². The second kappa shape index (κ2) is 5.66. The molecule has 0 saturated carbocycles. The van der Waals surface area contributed by atoms with Gasteiger partial charge in [-0.3, -0.25) is 4.98 Å². The minimum atomic E-state index is -0.271. The Morgan fingerprint density at radius 1 is 1.17 bits per heavy atom. The van der Waals surface area contributed by atoms with Crippen LogP contribution in [0.15, 0.2) is 47.6 Å². The fourth-order valence-corrected chi connectivity index (χ4v) is 1.41. The number of hydrogen-bond acceptors (Lipinski definition) is 3. The van der Waals surface area contributed by atoms with E-state index in [4.69, 9.17) is 0 Å². The van der Waals surface area contributed by atoms with Crippen molar-refractivity contribution in [2.24, 2.45) is 4.99 Å². The van der Waals surface area contributed by atoms with Gasteiger partial charge in [0.15, 0.2) is 0 Å². The Labute approximate surface area is 103 Å². The Bertz CT molecular complexity index is 614. The first kappa shape index (κ1) is 11.9. The van der Waals surface area contributed by atoms with E-state index in [0.717, 1.165) is 5.56 Å². The molecule has 0 spiro atoms. The van der Waals surface area contributed by atoms with E-state index in [1.807, 2.05) is 0 Å². The number of benzene rings is 1. The summed E-state index contributed by atoms with van der Waals surface area (Å²) in [6, 6.07) is 9.38. The number of isocyanates is 1. The minimum absolute atomic E-state index is 0.271. The average molecular weight is 240 g/mol. The molecule has 0 amide bonds. The molecule has 0 atom stereocenters. The molecule has 3 nitrogen and oxygen atoms in total. The molecule has 2 aromatic rings. The van der Waals surface area contributed by atoms with Crippen molar-refractivity contribution >= 4 is 23.9 Å². The maximum Gasteiger partial charge on any atom is 0.240 e. The highest BCUT2D eigenvalue weighted by molar-refractivity contribution is 5.69. The first-order chi connectivity index (χ1) is 8.78. The molecule has 0 N–H and O–H groups in total. The summed E-state index contributed by atoms with van der Waals surface area (Å²) in [5.74, 6) is -0.271. The molecule has 0 radical (unpaired) electrons. The summed E-state index contributed by atoms with van der Waals surface area (Å²) in [5.41, 5.74) is 2.03. The molecule has 0 bridgehead atoms. The van der Waals surface area contributed by atoms with Crippen molar-refractivity contribution in [3.8, 4) is 0 Å². The standard InChI is InChI=1S/C14H9FN2O/c15-12-4-1-11(2-5-12)3-6-13-9-14(17-10-18)7-8-16-13/h1-9H/b6-3+. The molecule has 18 heavy (non-hydrogen) atoms. The van der Waals surface area contributed by atoms with Gasteiger partial charge in [0.05, 0.1) is 11.4 Å². The number of pyridine rings is 1. The van der Waals surface area contributed by atoms with Gasteiger partial charge in [0.2, 0.25) is 6.08 Å². The highest BCUT2D eigenvalue weighted by atomic mass is 19.1. The van der Waals surface area contributed by atoms with Crippen molar-refractivity contribution in [3.63, 3.8) is 0 Å². The Morgan fingerprint density at radius 2 is 1.94 bits per heavy atom. The first-order valence-corrected chi connectivity index (χ1v) is 5.25. The molecule has 4 heteroatoms. The molecule has 1 aromatic heterocycles. The topological polar surface area (TPSA) is 42.3 Å². The maximum absolute atomic E-state index is 12.7. The van der Waals surface area contributed by atoms with Crippen molar-refractivity contribution in [2.45, 2.75) is 0 Å². The van der Waals surface area contributed by atoms with Gasteiger partial charge in [0.25, 0.3) is 0 Å². The third kappa shape index (κ3) is 3.20. The van der Waals surface area contributed by atoms with Crippen LogP contribution in [-0.2, 0) is 4.79 Å². The SMILES string of the molecule is O=C=Nc1ccnc(/C=C/c2ccc(F)cc2)c1. The molecule has 2 rings (SSSR count). The Morgan fingerprint density at radius 3 is 2.67 bits per heavy atom. The van der Waals surface area contributed by atoms with Gasteiger partial charge < -0.3 is 0 Å². The summed E-state index contributed by atoms with van der Waals surface area (Å²) in [5, 5.41) is 0. The monoisotopic (exact) mass is 240 g/mol. The van der Waals surface area contributed by atoms with Gasteiger partial charge in [-0.1, -0.05) is 18.2 Å². The van der Waals surface area contributed by atoms with E-state index in [2.05, 4.69) is 9.98 Å². The molecule has 0 aliphatic heterocycles. The molecular formula is C14H9FN2O. The summed E-state index contributed by atoms with van der Waals surface area (Å²) in [6.45, 7) is 0. The number of aliphatic imine (C=N–C) groups is 1. The van der Waals surface area contributed by atoms with Crippen molar-refractivity contribution in [1.82, 2.24) is 4.98 Å². The molecular weight excluding hydrogens is 231 g/mol. The summed E-state index contributed by atoms with van der Waals surface area (Å²) in [7, 11) is 0. The molecule has 0 aliphatic rings. The van der Waals surface area contributed by atoms with E-state index in [1.165, 1.54) is 18.2 Å². The van der Waals surface area contributed by atoms with E-state index in [1.54, 1.807) is 42.6 Å². The summed E-state index contributed by atoms with van der Waals surface area (Å²) >= 11 is 0. The summed E-state index contributed by atoms with van der Waals surface area (Å²) < 4.78 is 12.7. The lowest BCUT2D eigenvalue weighted by molar-refractivity contribution is 0.565. The Kier molecular flexibility index (Phi) is 3.74. The highest BCUT2D eigenvalue weighted by Gasteiger charge is 1.93. The van der Waals surface area contributed by atoms with Crippen molar-refractivity contribution in [2.75, 3.05) is 0 Å². The van der Waals surface area contributed by atoms with Gasteiger partial charge in [-0.2, -0.15) is 4.99 Å². The number of halogens is 1. The first-order valence-electron chi connectivity index (χ1n) is 5.25. The fraction of sp³-hybridized carbons (Fsp3) is 0. The predicted molar refractivity (Wildman–Crippen MR) is 67.3 cm³/mol. The molecule has 88 valence electrons. The molecule has 1 heterocycles. The van der Waals surface area contributed by atoms with Crippen LogP contribution in [0.3, 0.4) is 0 Å². The zero-order valence-corrected chi connectivity index (χ0v) is 9.38. The van der Waals surface area contributed by atoms with Crippen molar-refractivity contribution < 1.29 is 9.18 Å². The van der Waals surface area contributed by atoms with Gasteiger partial charge in [-0.05, 0) is 35.9 Å². The van der Waals surface area contributed by atoms with Gasteiger partial charge in [-0.15, -0.1) is 0 Å². The highest BCUT2D eigenvalue weighted by Crippen LogP contribution is 2.13. The van der Waals surface area contributed by atoms with Gasteiger partial charge in [-0.25, -0.2) is 9.18 Å². The number of carbonyl (C=O) groups excluding carboxylic acids is 1. The second-order valence-electron chi connectivity index (χ2n) is 3.53. The molecule has 0 unspecified atom stereocenters. The number of nitrogens with zero attached hydrogens (tertiary/aromatic N) is 2. The van der Waals surface area contributed by atoms with Crippen LogP contribution < -0.4 is 0 Å². The van der Waals surface area contributed by atoms with Crippen LogP contribution in [0, 0.1) is 5.82 Å². The Hall–Kier alpha value is -2.58. The Balaban J connectivity index is 2.20. The van der Waals surface area contributed by atoms with Crippen LogP contribution in [0.4, 0.5) is 10.1 Å². The van der Waals surface area contributed by atoms with E-state index >= 15 is 0 Å². The lowest BCUT2D eigenvalue weighted by atomic mass is 10.2. The van der Waals surface area contributed by atoms with Crippen molar-refractivity contribution in [3.05, 3.63) is 59.7 Å². The summed E-state index contributed by atoms with van der Waals surface area (Å²) in [6.07, 6.45) is 6.59. The smallest absolute Gasteiger partial charge is 0.240 e. The largest absolute Gasteiger partial charge is 0.257 e. The van der Waals surface area contributed by atoms with Crippen LogP contribution in [0.1, 0.15) is 11.3 Å². The van der Waals surface area contributed by atoms with E-state index < -0.39 is 0 Å². The fourth-order valence-electron chi connectivity index (χ4n) is 1.41. The van der Waals surface area contributed by atoms with E-state index in [9.17, 15) is 9.18 Å².